The maximum atomic E-state index is 4.23. The van der Waals surface area contributed by atoms with Crippen LogP contribution in [0.4, 0.5) is 0 Å². The molecule has 3 heteroatoms. The summed E-state index contributed by atoms with van der Waals surface area (Å²) in [6.45, 7) is 7.99. The summed E-state index contributed by atoms with van der Waals surface area (Å²) in [5.74, 6) is 0. The minimum absolute atomic E-state index is 0.916. The van der Waals surface area contributed by atoms with E-state index >= 15 is 0 Å². The summed E-state index contributed by atoms with van der Waals surface area (Å²) >= 11 is 3.35. The van der Waals surface area contributed by atoms with Gasteiger partial charge >= 0.3 is 0 Å². The van der Waals surface area contributed by atoms with Crippen LogP contribution in [0.25, 0.3) is 0 Å². The number of hydrogen-bond donors (Lipinski definition) is 0. The molecule has 0 spiro atoms. The van der Waals surface area contributed by atoms with Crippen LogP contribution in [-0.2, 0) is 6.42 Å². The van der Waals surface area contributed by atoms with E-state index in [2.05, 4.69) is 45.7 Å². The van der Waals surface area contributed by atoms with Gasteiger partial charge in [-0.3, -0.25) is 0 Å². The highest BCUT2D eigenvalue weighted by Gasteiger charge is 1.99. The molecule has 0 radical (unpaired) electrons. The van der Waals surface area contributed by atoms with E-state index < -0.39 is 0 Å². The Kier molecular flexibility index (Phi) is 6.65. The third kappa shape index (κ3) is 5.08. The van der Waals surface area contributed by atoms with E-state index in [4.69, 9.17) is 0 Å². The van der Waals surface area contributed by atoms with E-state index in [0.29, 0.717) is 0 Å². The largest absolute Gasteiger partial charge is 0.304 e. The van der Waals surface area contributed by atoms with Crippen molar-refractivity contribution in [2.45, 2.75) is 33.1 Å². The van der Waals surface area contributed by atoms with Crippen molar-refractivity contribution in [3.05, 3.63) is 28.5 Å². The number of unbranched alkanes of at least 4 members (excludes halogenated alkanes) is 1. The summed E-state index contributed by atoms with van der Waals surface area (Å²) in [5, 5.41) is 0. The van der Waals surface area contributed by atoms with E-state index in [9.17, 15) is 0 Å². The Hall–Kier alpha value is -0.410. The van der Waals surface area contributed by atoms with E-state index in [1.54, 1.807) is 0 Å². The van der Waals surface area contributed by atoms with Gasteiger partial charge in [-0.2, -0.15) is 0 Å². The Labute approximate surface area is 107 Å². The lowest BCUT2D eigenvalue weighted by Crippen LogP contribution is -2.23. The predicted molar refractivity (Wildman–Crippen MR) is 72.7 cm³/mol. The summed E-state index contributed by atoms with van der Waals surface area (Å²) < 4.78 is 0.916. The van der Waals surface area contributed by atoms with Crippen LogP contribution < -0.4 is 0 Å². The van der Waals surface area contributed by atoms with Gasteiger partial charge in [-0.1, -0.05) is 19.9 Å². The monoisotopic (exact) mass is 284 g/mol. The minimum Gasteiger partial charge on any atom is -0.304 e. The Morgan fingerprint density at radius 2 is 1.94 bits per heavy atom. The van der Waals surface area contributed by atoms with Gasteiger partial charge in [0.25, 0.3) is 0 Å². The molecular weight excluding hydrogens is 264 g/mol. The topological polar surface area (TPSA) is 16.1 Å². The first-order valence-corrected chi connectivity index (χ1v) is 6.88. The zero-order valence-electron chi connectivity index (χ0n) is 10.2. The van der Waals surface area contributed by atoms with E-state index in [-0.39, 0.29) is 0 Å². The van der Waals surface area contributed by atoms with Crippen molar-refractivity contribution in [2.75, 3.05) is 19.6 Å². The molecule has 2 nitrogen and oxygen atoms in total. The number of hydrogen-bond acceptors (Lipinski definition) is 2. The van der Waals surface area contributed by atoms with Gasteiger partial charge in [-0.15, -0.1) is 0 Å². The molecule has 1 rings (SSSR count). The number of halogens is 1. The van der Waals surface area contributed by atoms with Gasteiger partial charge in [-0.25, -0.2) is 4.98 Å². The van der Waals surface area contributed by atoms with Crippen LogP contribution in [-0.4, -0.2) is 29.5 Å². The Morgan fingerprint density at radius 3 is 2.50 bits per heavy atom. The molecule has 0 unspecified atom stereocenters. The standard InChI is InChI=1S/C13H21BrN2/c1-3-16(4-2)10-6-5-7-12-8-9-13(14)15-11-12/h8-9,11H,3-7,10H2,1-2H3. The third-order valence-electron chi connectivity index (χ3n) is 2.87. The van der Waals surface area contributed by atoms with Crippen molar-refractivity contribution in [3.63, 3.8) is 0 Å². The van der Waals surface area contributed by atoms with Crippen molar-refractivity contribution in [1.82, 2.24) is 9.88 Å². The molecule has 0 aliphatic rings. The van der Waals surface area contributed by atoms with Crippen molar-refractivity contribution >= 4 is 15.9 Å². The van der Waals surface area contributed by atoms with Gasteiger partial charge in [-0.05, 0) is 66.5 Å². The summed E-state index contributed by atoms with van der Waals surface area (Å²) in [7, 11) is 0. The number of pyridine rings is 1. The number of aryl methyl sites for hydroxylation is 1. The van der Waals surface area contributed by atoms with Crippen LogP contribution in [0.5, 0.6) is 0 Å². The normalized spacial score (nSPS) is 11.0. The molecule has 90 valence electrons. The zero-order chi connectivity index (χ0) is 11.8. The molecule has 0 amide bonds. The fraction of sp³-hybridized carbons (Fsp3) is 0.615. The van der Waals surface area contributed by atoms with E-state index in [0.717, 1.165) is 24.1 Å². The Morgan fingerprint density at radius 1 is 1.19 bits per heavy atom. The second kappa shape index (κ2) is 7.80. The highest BCUT2D eigenvalue weighted by atomic mass is 79.9. The lowest BCUT2D eigenvalue weighted by molar-refractivity contribution is 0.297. The molecule has 0 aromatic carbocycles. The van der Waals surface area contributed by atoms with Crippen molar-refractivity contribution in [2.24, 2.45) is 0 Å². The molecule has 1 heterocycles. The maximum absolute atomic E-state index is 4.23. The molecular formula is C13H21BrN2. The summed E-state index contributed by atoms with van der Waals surface area (Å²) in [6.07, 6.45) is 5.63. The van der Waals surface area contributed by atoms with Crippen molar-refractivity contribution < 1.29 is 0 Å². The first kappa shape index (κ1) is 13.7. The first-order valence-electron chi connectivity index (χ1n) is 6.09. The summed E-state index contributed by atoms with van der Waals surface area (Å²) in [4.78, 5) is 6.70. The molecule has 16 heavy (non-hydrogen) atoms. The molecule has 0 saturated carbocycles. The first-order chi connectivity index (χ1) is 7.76. The molecule has 0 saturated heterocycles. The predicted octanol–water partition coefficient (Wildman–Crippen LogP) is 3.51. The second-order valence-electron chi connectivity index (χ2n) is 3.97. The minimum atomic E-state index is 0.916. The van der Waals surface area contributed by atoms with Crippen LogP contribution in [0.3, 0.4) is 0 Å². The highest BCUT2D eigenvalue weighted by Crippen LogP contribution is 2.09. The van der Waals surface area contributed by atoms with Crippen LogP contribution in [0.2, 0.25) is 0 Å². The highest BCUT2D eigenvalue weighted by molar-refractivity contribution is 9.10. The lowest BCUT2D eigenvalue weighted by atomic mass is 10.1. The zero-order valence-corrected chi connectivity index (χ0v) is 11.8. The maximum Gasteiger partial charge on any atom is 0.106 e. The fourth-order valence-electron chi connectivity index (χ4n) is 1.76. The quantitative estimate of drug-likeness (QED) is 0.563. The van der Waals surface area contributed by atoms with E-state index in [1.807, 2.05) is 12.3 Å². The summed E-state index contributed by atoms with van der Waals surface area (Å²) in [6, 6.07) is 4.16. The average Bonchev–Trinajstić information content (AvgIpc) is 2.32. The van der Waals surface area contributed by atoms with Gasteiger partial charge < -0.3 is 4.90 Å². The van der Waals surface area contributed by atoms with Crippen LogP contribution in [0.15, 0.2) is 22.9 Å². The van der Waals surface area contributed by atoms with Crippen molar-refractivity contribution in [3.8, 4) is 0 Å². The number of aromatic nitrogens is 1. The molecule has 0 aliphatic heterocycles. The molecule has 0 N–H and O–H groups in total. The molecule has 1 aromatic rings. The average molecular weight is 285 g/mol. The smallest absolute Gasteiger partial charge is 0.106 e. The molecule has 0 fully saturated rings. The Bertz CT molecular complexity index is 280. The molecule has 1 aromatic heterocycles. The van der Waals surface area contributed by atoms with Gasteiger partial charge in [0, 0.05) is 6.20 Å². The number of rotatable bonds is 7. The number of nitrogens with zero attached hydrogens (tertiary/aromatic N) is 2. The van der Waals surface area contributed by atoms with Gasteiger partial charge in [0.05, 0.1) is 0 Å². The third-order valence-corrected chi connectivity index (χ3v) is 3.34. The SMILES string of the molecule is CCN(CC)CCCCc1ccc(Br)nc1. The Balaban J connectivity index is 2.18. The lowest BCUT2D eigenvalue weighted by Gasteiger charge is -2.17. The molecule has 0 aliphatic carbocycles. The second-order valence-corrected chi connectivity index (χ2v) is 4.79. The fourth-order valence-corrected chi connectivity index (χ4v) is 1.99. The van der Waals surface area contributed by atoms with Gasteiger partial charge in [0.1, 0.15) is 4.60 Å². The van der Waals surface area contributed by atoms with Crippen LogP contribution >= 0.6 is 15.9 Å². The van der Waals surface area contributed by atoms with Crippen molar-refractivity contribution in [1.29, 1.82) is 0 Å². The van der Waals surface area contributed by atoms with E-state index in [1.165, 1.54) is 24.9 Å². The molecule has 0 atom stereocenters. The summed E-state index contributed by atoms with van der Waals surface area (Å²) in [5.41, 5.74) is 1.34. The van der Waals surface area contributed by atoms with Gasteiger partial charge in [0.2, 0.25) is 0 Å². The van der Waals surface area contributed by atoms with Crippen LogP contribution in [0, 0.1) is 0 Å². The van der Waals surface area contributed by atoms with Gasteiger partial charge in [0.15, 0.2) is 0 Å². The van der Waals surface area contributed by atoms with Crippen LogP contribution in [0.1, 0.15) is 32.3 Å². The molecule has 0 bridgehead atoms.